The molecule has 0 atom stereocenters. The van der Waals surface area contributed by atoms with Crippen molar-refractivity contribution in [3.63, 3.8) is 0 Å². The Balaban J connectivity index is 2.06. The molecular weight excluding hydrogens is 338 g/mol. The zero-order valence-corrected chi connectivity index (χ0v) is 12.5. The van der Waals surface area contributed by atoms with Gasteiger partial charge < -0.3 is 19.8 Å². The minimum absolute atomic E-state index is 0.0325. The van der Waals surface area contributed by atoms with Gasteiger partial charge in [0.1, 0.15) is 0 Å². The Morgan fingerprint density at radius 3 is 2.12 bits per heavy atom. The molecule has 0 fully saturated rings. The molecule has 1 heterocycles. The van der Waals surface area contributed by atoms with Crippen molar-refractivity contribution in [3.8, 4) is 0 Å². The standard InChI is InChI=1S/C16H8ClNO6/c17-12-6-8(2-4-10(12)16(23)24)18-13(19)9-3-1-7(15(21)22)5-11(9)14(18)20/h1-6H,(H,21,22)(H,23,24)/p-2. The average molecular weight is 344 g/mol. The molecule has 0 spiro atoms. The van der Waals surface area contributed by atoms with E-state index < -0.39 is 23.8 Å². The van der Waals surface area contributed by atoms with E-state index in [1.807, 2.05) is 0 Å². The van der Waals surface area contributed by atoms with Crippen LogP contribution < -0.4 is 15.1 Å². The third kappa shape index (κ3) is 2.31. The zero-order chi connectivity index (χ0) is 17.6. The molecule has 120 valence electrons. The van der Waals surface area contributed by atoms with Crippen LogP contribution in [0.25, 0.3) is 0 Å². The van der Waals surface area contributed by atoms with Crippen LogP contribution in [0.1, 0.15) is 41.4 Å². The van der Waals surface area contributed by atoms with Crippen LogP contribution in [0.4, 0.5) is 5.69 Å². The first kappa shape index (κ1) is 15.7. The molecule has 0 radical (unpaired) electrons. The van der Waals surface area contributed by atoms with Gasteiger partial charge in [0.25, 0.3) is 11.8 Å². The van der Waals surface area contributed by atoms with Crippen LogP contribution in [0.5, 0.6) is 0 Å². The number of nitrogens with zero attached hydrogens (tertiary/aromatic N) is 1. The van der Waals surface area contributed by atoms with E-state index in [9.17, 15) is 29.4 Å². The van der Waals surface area contributed by atoms with E-state index in [1.165, 1.54) is 12.1 Å². The fourth-order valence-corrected chi connectivity index (χ4v) is 2.66. The van der Waals surface area contributed by atoms with Crippen LogP contribution >= 0.6 is 11.6 Å². The number of fused-ring (bicyclic) bond motifs is 1. The quantitative estimate of drug-likeness (QED) is 0.716. The Morgan fingerprint density at radius 2 is 1.54 bits per heavy atom. The van der Waals surface area contributed by atoms with E-state index in [0.29, 0.717) is 0 Å². The normalized spacial score (nSPS) is 13.1. The Bertz CT molecular complexity index is 936. The lowest BCUT2D eigenvalue weighted by molar-refractivity contribution is -0.256. The lowest BCUT2D eigenvalue weighted by Gasteiger charge is -2.15. The van der Waals surface area contributed by atoms with Crippen LogP contribution in [0.3, 0.4) is 0 Å². The van der Waals surface area contributed by atoms with Crippen LogP contribution in [-0.4, -0.2) is 23.8 Å². The first-order chi connectivity index (χ1) is 11.3. The van der Waals surface area contributed by atoms with Crippen molar-refractivity contribution in [2.75, 3.05) is 4.90 Å². The first-order valence-corrected chi connectivity index (χ1v) is 6.94. The monoisotopic (exact) mass is 343 g/mol. The highest BCUT2D eigenvalue weighted by molar-refractivity contribution is 6.36. The largest absolute Gasteiger partial charge is 0.545 e. The Labute approximate surface area is 139 Å². The third-order valence-corrected chi connectivity index (χ3v) is 3.87. The van der Waals surface area contributed by atoms with Crippen molar-refractivity contribution >= 4 is 41.0 Å². The predicted octanol–water partition coefficient (Wildman–Crippen LogP) is -0.132. The van der Waals surface area contributed by atoms with Crippen molar-refractivity contribution in [3.05, 3.63) is 63.7 Å². The molecule has 7 nitrogen and oxygen atoms in total. The number of imide groups is 1. The Morgan fingerprint density at radius 1 is 0.875 bits per heavy atom. The van der Waals surface area contributed by atoms with Gasteiger partial charge in [-0.2, -0.15) is 0 Å². The second-order valence-electron chi connectivity index (χ2n) is 4.95. The van der Waals surface area contributed by atoms with Gasteiger partial charge >= 0.3 is 0 Å². The molecule has 0 N–H and O–H groups in total. The molecule has 2 amide bonds. The van der Waals surface area contributed by atoms with E-state index in [0.717, 1.165) is 29.2 Å². The van der Waals surface area contributed by atoms with Crippen molar-refractivity contribution in [1.29, 1.82) is 0 Å². The molecule has 0 unspecified atom stereocenters. The number of carboxylic acids is 2. The van der Waals surface area contributed by atoms with Gasteiger partial charge in [0.15, 0.2) is 0 Å². The summed E-state index contributed by atoms with van der Waals surface area (Å²) in [7, 11) is 0. The number of hydrogen-bond donors (Lipinski definition) is 0. The molecule has 24 heavy (non-hydrogen) atoms. The van der Waals surface area contributed by atoms with Gasteiger partial charge in [0.2, 0.25) is 0 Å². The van der Waals surface area contributed by atoms with Crippen molar-refractivity contribution in [1.82, 2.24) is 0 Å². The summed E-state index contributed by atoms with van der Waals surface area (Å²) in [5.41, 5.74) is -0.503. The van der Waals surface area contributed by atoms with E-state index in [2.05, 4.69) is 0 Å². The lowest BCUT2D eigenvalue weighted by Crippen LogP contribution is -2.29. The fourth-order valence-electron chi connectivity index (χ4n) is 2.41. The zero-order valence-electron chi connectivity index (χ0n) is 11.7. The number of benzene rings is 2. The molecule has 1 aliphatic heterocycles. The summed E-state index contributed by atoms with van der Waals surface area (Å²) < 4.78 is 0. The molecule has 3 rings (SSSR count). The van der Waals surface area contributed by atoms with Gasteiger partial charge in [0.05, 0.1) is 33.8 Å². The minimum atomic E-state index is -1.49. The molecule has 2 aromatic rings. The highest BCUT2D eigenvalue weighted by atomic mass is 35.5. The summed E-state index contributed by atoms with van der Waals surface area (Å²) in [5.74, 6) is -4.38. The van der Waals surface area contributed by atoms with Crippen molar-refractivity contribution in [2.24, 2.45) is 0 Å². The molecule has 0 aromatic heterocycles. The van der Waals surface area contributed by atoms with Crippen molar-refractivity contribution < 1.29 is 29.4 Å². The summed E-state index contributed by atoms with van der Waals surface area (Å²) in [6, 6.07) is 6.93. The molecule has 8 heteroatoms. The number of aromatic carboxylic acids is 2. The van der Waals surface area contributed by atoms with Gasteiger partial charge in [-0.05, 0) is 35.9 Å². The summed E-state index contributed by atoms with van der Waals surface area (Å²) >= 11 is 5.82. The summed E-state index contributed by atoms with van der Waals surface area (Å²) in [5, 5.41) is 21.5. The smallest absolute Gasteiger partial charge is 0.266 e. The summed E-state index contributed by atoms with van der Waals surface area (Å²) in [6.07, 6.45) is 0. The maximum atomic E-state index is 12.4. The van der Waals surface area contributed by atoms with Gasteiger partial charge in [-0.1, -0.05) is 17.7 Å². The number of amides is 2. The number of carbonyl (C=O) groups excluding carboxylic acids is 4. The van der Waals surface area contributed by atoms with Gasteiger partial charge in [-0.15, -0.1) is 0 Å². The van der Waals surface area contributed by atoms with Gasteiger partial charge in [-0.25, -0.2) is 4.90 Å². The number of hydrogen-bond acceptors (Lipinski definition) is 6. The predicted molar refractivity (Wildman–Crippen MR) is 77.7 cm³/mol. The third-order valence-electron chi connectivity index (χ3n) is 3.55. The first-order valence-electron chi connectivity index (χ1n) is 6.56. The Hall–Kier alpha value is -3.19. The number of anilines is 1. The topological polar surface area (TPSA) is 118 Å². The molecular formula is C16H6ClNO6-2. The lowest BCUT2D eigenvalue weighted by atomic mass is 10.1. The average Bonchev–Trinajstić information content (AvgIpc) is 2.77. The van der Waals surface area contributed by atoms with Crippen LogP contribution in [0.15, 0.2) is 36.4 Å². The molecule has 0 aliphatic carbocycles. The van der Waals surface area contributed by atoms with Crippen LogP contribution in [0.2, 0.25) is 5.02 Å². The van der Waals surface area contributed by atoms with Gasteiger partial charge in [-0.3, -0.25) is 9.59 Å². The number of carboxylic acid groups (broad SMARTS) is 2. The number of rotatable bonds is 3. The molecule has 0 saturated carbocycles. The second-order valence-corrected chi connectivity index (χ2v) is 5.35. The van der Waals surface area contributed by atoms with E-state index in [1.54, 1.807) is 0 Å². The summed E-state index contributed by atoms with van der Waals surface area (Å²) in [6.45, 7) is 0. The molecule has 2 aromatic carbocycles. The van der Waals surface area contributed by atoms with E-state index >= 15 is 0 Å². The van der Waals surface area contributed by atoms with Crippen molar-refractivity contribution in [2.45, 2.75) is 0 Å². The van der Waals surface area contributed by atoms with Gasteiger partial charge in [0, 0.05) is 5.56 Å². The maximum absolute atomic E-state index is 12.4. The Kier molecular flexibility index (Phi) is 3.57. The number of carbonyl (C=O) groups is 4. The SMILES string of the molecule is O=C([O-])c1ccc2c(c1)C(=O)N(c1ccc(C(=O)[O-])c(Cl)c1)C2=O. The summed E-state index contributed by atoms with van der Waals surface area (Å²) in [4.78, 5) is 47.4. The van der Waals surface area contributed by atoms with Crippen LogP contribution in [-0.2, 0) is 0 Å². The molecule has 1 aliphatic rings. The molecule has 0 saturated heterocycles. The minimum Gasteiger partial charge on any atom is -0.545 e. The van der Waals surface area contributed by atoms with E-state index in [-0.39, 0.29) is 33.0 Å². The number of halogens is 1. The molecule has 0 bridgehead atoms. The second kappa shape index (κ2) is 5.47. The highest BCUT2D eigenvalue weighted by Crippen LogP contribution is 2.31. The van der Waals surface area contributed by atoms with Crippen LogP contribution in [0, 0.1) is 0 Å². The van der Waals surface area contributed by atoms with E-state index in [4.69, 9.17) is 11.6 Å². The fraction of sp³-hybridized carbons (Fsp3) is 0. The maximum Gasteiger partial charge on any atom is 0.266 e. The highest BCUT2D eigenvalue weighted by Gasteiger charge is 2.37.